The van der Waals surface area contributed by atoms with Gasteiger partial charge in [-0.05, 0) is 6.92 Å². The molecule has 0 saturated carbocycles. The van der Waals surface area contributed by atoms with Crippen LogP contribution in [0.2, 0.25) is 0 Å². The number of aromatic nitrogens is 3. The van der Waals surface area contributed by atoms with Crippen molar-refractivity contribution in [3.63, 3.8) is 0 Å². The molecule has 2 aromatic rings. The van der Waals surface area contributed by atoms with E-state index in [9.17, 15) is 18.0 Å². The van der Waals surface area contributed by atoms with Gasteiger partial charge in [0.2, 0.25) is 0 Å². The Hall–Kier alpha value is -3.00. The van der Waals surface area contributed by atoms with Crippen molar-refractivity contribution in [3.05, 3.63) is 28.5 Å². The highest BCUT2D eigenvalue weighted by atomic mass is 32.1. The SMILES string of the molecule is Cc1csc(CN(C)C(=O)Nc2cc(N3CCNCC3)ncn2)n1.O=C(O)C(F)(F)F. The summed E-state index contributed by atoms with van der Waals surface area (Å²) in [6.07, 6.45) is -3.60. The highest BCUT2D eigenvalue weighted by Gasteiger charge is 2.38. The second kappa shape index (κ2) is 10.9. The molecule has 10 nitrogen and oxygen atoms in total. The molecule has 2 amide bonds. The molecule has 1 fully saturated rings. The number of nitrogens with one attached hydrogen (secondary N) is 2. The third-order valence-corrected chi connectivity index (χ3v) is 4.91. The van der Waals surface area contributed by atoms with E-state index in [1.54, 1.807) is 23.3 Å². The van der Waals surface area contributed by atoms with Gasteiger partial charge in [0, 0.05) is 50.4 Å². The number of urea groups is 1. The molecule has 3 rings (SSSR count). The van der Waals surface area contributed by atoms with Crippen LogP contribution in [-0.4, -0.2) is 76.4 Å². The number of carboxylic acids is 1. The highest BCUT2D eigenvalue weighted by Crippen LogP contribution is 2.16. The lowest BCUT2D eigenvalue weighted by Crippen LogP contribution is -2.44. The Balaban J connectivity index is 0.000000423. The van der Waals surface area contributed by atoms with Crippen molar-refractivity contribution in [1.82, 2.24) is 25.2 Å². The molecule has 14 heteroatoms. The number of nitrogens with zero attached hydrogens (tertiary/aromatic N) is 5. The molecule has 3 N–H and O–H groups in total. The van der Waals surface area contributed by atoms with Crippen LogP contribution in [0.4, 0.5) is 29.6 Å². The molecule has 0 aromatic carbocycles. The molecule has 170 valence electrons. The van der Waals surface area contributed by atoms with Crippen LogP contribution >= 0.6 is 11.3 Å². The number of alkyl halides is 3. The zero-order chi connectivity index (χ0) is 23.0. The molecule has 0 aliphatic carbocycles. The minimum Gasteiger partial charge on any atom is -0.475 e. The van der Waals surface area contributed by atoms with Gasteiger partial charge >= 0.3 is 18.2 Å². The highest BCUT2D eigenvalue weighted by molar-refractivity contribution is 7.09. The molecule has 0 atom stereocenters. The second-order valence-electron chi connectivity index (χ2n) is 6.47. The lowest BCUT2D eigenvalue weighted by molar-refractivity contribution is -0.192. The van der Waals surface area contributed by atoms with Gasteiger partial charge in [-0.1, -0.05) is 0 Å². The minimum atomic E-state index is -5.08. The summed E-state index contributed by atoms with van der Waals surface area (Å²) < 4.78 is 31.7. The number of aryl methyl sites for hydroxylation is 1. The summed E-state index contributed by atoms with van der Waals surface area (Å²) in [5, 5.41) is 16.1. The van der Waals surface area contributed by atoms with Gasteiger partial charge in [-0.15, -0.1) is 11.3 Å². The van der Waals surface area contributed by atoms with Crippen LogP contribution in [0.5, 0.6) is 0 Å². The van der Waals surface area contributed by atoms with Gasteiger partial charge in [0.05, 0.1) is 6.54 Å². The monoisotopic (exact) mass is 461 g/mol. The average Bonchev–Trinajstić information content (AvgIpc) is 3.13. The Morgan fingerprint density at radius 1 is 1.32 bits per heavy atom. The Labute approximate surface area is 180 Å². The number of amides is 2. The maximum absolute atomic E-state index is 12.3. The van der Waals surface area contributed by atoms with Crippen molar-refractivity contribution in [2.75, 3.05) is 43.4 Å². The summed E-state index contributed by atoms with van der Waals surface area (Å²) in [6, 6.07) is 1.60. The molecule has 31 heavy (non-hydrogen) atoms. The van der Waals surface area contributed by atoms with E-state index >= 15 is 0 Å². The van der Waals surface area contributed by atoms with Gasteiger partial charge in [0.25, 0.3) is 0 Å². The van der Waals surface area contributed by atoms with Gasteiger partial charge in [-0.2, -0.15) is 13.2 Å². The van der Waals surface area contributed by atoms with Crippen molar-refractivity contribution in [3.8, 4) is 0 Å². The predicted octanol–water partition coefficient (Wildman–Crippen LogP) is 1.95. The topological polar surface area (TPSA) is 124 Å². The van der Waals surface area contributed by atoms with E-state index < -0.39 is 12.1 Å². The van der Waals surface area contributed by atoms with Crippen molar-refractivity contribution in [2.24, 2.45) is 0 Å². The van der Waals surface area contributed by atoms with Crippen molar-refractivity contribution in [2.45, 2.75) is 19.6 Å². The largest absolute Gasteiger partial charge is 0.490 e. The Bertz CT molecular complexity index is 888. The molecule has 0 radical (unpaired) electrons. The van der Waals surface area contributed by atoms with E-state index in [1.807, 2.05) is 18.4 Å². The summed E-state index contributed by atoms with van der Waals surface area (Å²) in [6.45, 7) is 6.07. The van der Waals surface area contributed by atoms with E-state index in [1.165, 1.54) is 6.33 Å². The number of halogens is 3. The number of thiazole rings is 1. The summed E-state index contributed by atoms with van der Waals surface area (Å²) >= 11 is 1.55. The Kier molecular flexibility index (Phi) is 8.50. The number of carboxylic acid groups (broad SMARTS) is 1. The number of hydrogen-bond donors (Lipinski definition) is 3. The fourth-order valence-corrected chi connectivity index (χ4v) is 3.26. The summed E-state index contributed by atoms with van der Waals surface area (Å²) in [4.78, 5) is 37.8. The van der Waals surface area contributed by atoms with Crippen LogP contribution in [0, 0.1) is 6.92 Å². The molecule has 1 aliphatic rings. The van der Waals surface area contributed by atoms with Crippen molar-refractivity contribution < 1.29 is 27.9 Å². The molecular weight excluding hydrogens is 439 g/mol. The third kappa shape index (κ3) is 7.97. The van der Waals surface area contributed by atoms with Crippen LogP contribution in [0.25, 0.3) is 0 Å². The van der Waals surface area contributed by atoms with E-state index in [0.717, 1.165) is 42.7 Å². The number of anilines is 2. The molecule has 0 bridgehead atoms. The molecule has 3 heterocycles. The van der Waals surface area contributed by atoms with Crippen LogP contribution in [0.3, 0.4) is 0 Å². The maximum Gasteiger partial charge on any atom is 0.490 e. The normalized spacial score (nSPS) is 13.8. The molecule has 2 aromatic heterocycles. The Morgan fingerprint density at radius 2 is 1.97 bits per heavy atom. The summed E-state index contributed by atoms with van der Waals surface area (Å²) in [5.41, 5.74) is 0.972. The first-order valence-electron chi connectivity index (χ1n) is 9.07. The fraction of sp³-hybridized carbons (Fsp3) is 0.471. The van der Waals surface area contributed by atoms with Gasteiger partial charge < -0.3 is 20.2 Å². The maximum atomic E-state index is 12.3. The van der Waals surface area contributed by atoms with Crippen molar-refractivity contribution >= 4 is 35.0 Å². The van der Waals surface area contributed by atoms with Gasteiger partial charge in [0.15, 0.2) is 0 Å². The standard InChI is InChI=1S/C15H21N7OS.C2HF3O2/c1-11-9-24-14(19-11)8-21(2)15(23)20-12-7-13(18-10-17-12)22-5-3-16-4-6-22;3-2(4,5)1(6)7/h7,9-10,16H,3-6,8H2,1-2H3,(H,17,18,20,23);(H,6,7). The summed E-state index contributed by atoms with van der Waals surface area (Å²) in [7, 11) is 1.74. The first kappa shape index (κ1) is 24.3. The predicted molar refractivity (Wildman–Crippen MR) is 108 cm³/mol. The quantitative estimate of drug-likeness (QED) is 0.631. The van der Waals surface area contributed by atoms with Crippen LogP contribution in [-0.2, 0) is 11.3 Å². The molecule has 1 saturated heterocycles. The van der Waals surface area contributed by atoms with Crippen LogP contribution < -0.4 is 15.5 Å². The fourth-order valence-electron chi connectivity index (χ4n) is 2.44. The number of carbonyl (C=O) groups is 2. The van der Waals surface area contributed by atoms with Gasteiger partial charge in [-0.25, -0.2) is 24.5 Å². The van der Waals surface area contributed by atoms with E-state index in [2.05, 4.69) is 30.5 Å². The third-order valence-electron chi connectivity index (χ3n) is 3.96. The number of piperazine rings is 1. The lowest BCUT2D eigenvalue weighted by Gasteiger charge is -2.28. The molecule has 0 spiro atoms. The molecule has 1 aliphatic heterocycles. The second-order valence-corrected chi connectivity index (χ2v) is 7.41. The Morgan fingerprint density at radius 3 is 2.52 bits per heavy atom. The zero-order valence-corrected chi connectivity index (χ0v) is 17.6. The first-order chi connectivity index (χ1) is 14.6. The number of carbonyl (C=O) groups excluding carboxylic acids is 1. The van der Waals surface area contributed by atoms with Crippen LogP contribution in [0.1, 0.15) is 10.7 Å². The van der Waals surface area contributed by atoms with Crippen molar-refractivity contribution in [1.29, 1.82) is 0 Å². The molecule has 0 unspecified atom stereocenters. The molecular formula is C17H22F3N7O3S. The zero-order valence-electron chi connectivity index (χ0n) is 16.8. The average molecular weight is 461 g/mol. The summed E-state index contributed by atoms with van der Waals surface area (Å²) in [5.74, 6) is -1.42. The van der Waals surface area contributed by atoms with Crippen LogP contribution in [0.15, 0.2) is 17.8 Å². The van der Waals surface area contributed by atoms with E-state index in [0.29, 0.717) is 12.4 Å². The van der Waals surface area contributed by atoms with Gasteiger partial charge in [-0.3, -0.25) is 5.32 Å². The number of rotatable bonds is 4. The van der Waals surface area contributed by atoms with E-state index in [4.69, 9.17) is 9.90 Å². The number of aliphatic carboxylic acids is 1. The minimum absolute atomic E-state index is 0.215. The lowest BCUT2D eigenvalue weighted by atomic mass is 10.3. The smallest absolute Gasteiger partial charge is 0.475 e. The number of hydrogen-bond acceptors (Lipinski definition) is 8. The van der Waals surface area contributed by atoms with Gasteiger partial charge in [0.1, 0.15) is 23.0 Å². The van der Waals surface area contributed by atoms with E-state index in [-0.39, 0.29) is 6.03 Å². The first-order valence-corrected chi connectivity index (χ1v) is 9.95.